The van der Waals surface area contributed by atoms with Crippen LogP contribution in [0.15, 0.2) is 48.2 Å². The largest absolute Gasteiger partial charge is 0.512 e. The number of allylic oxidation sites excluding steroid dienone is 2. The standard InChI is InChI=1S/C14H12N2.C5H8O2.Cu/c1-9-3-5-11-7-8-12-6-4-10(2)16-14(12)13(11)15-9;1-4(6)3-5(2)7;/h3-8H,1-2H3;3,6H,1-2H3;/b;4-3-;. The van der Waals surface area contributed by atoms with Crippen molar-refractivity contribution in [3.63, 3.8) is 0 Å². The van der Waals surface area contributed by atoms with Crippen molar-refractivity contribution in [1.82, 2.24) is 9.97 Å². The van der Waals surface area contributed by atoms with E-state index < -0.39 is 0 Å². The van der Waals surface area contributed by atoms with Crippen LogP contribution < -0.4 is 0 Å². The van der Waals surface area contributed by atoms with Gasteiger partial charge in [-0.05, 0) is 39.8 Å². The van der Waals surface area contributed by atoms with E-state index in [0.717, 1.165) is 33.2 Å². The van der Waals surface area contributed by atoms with E-state index in [9.17, 15) is 4.79 Å². The molecule has 2 heterocycles. The van der Waals surface area contributed by atoms with Gasteiger partial charge in [0.25, 0.3) is 0 Å². The van der Waals surface area contributed by atoms with Crippen molar-refractivity contribution in [2.75, 3.05) is 0 Å². The van der Waals surface area contributed by atoms with Crippen molar-refractivity contribution in [2.24, 2.45) is 0 Å². The summed E-state index contributed by atoms with van der Waals surface area (Å²) in [5, 5.41) is 10.7. The molecule has 24 heavy (non-hydrogen) atoms. The van der Waals surface area contributed by atoms with Crippen LogP contribution in [0.5, 0.6) is 0 Å². The molecular weight excluding hydrogens is 352 g/mol. The Balaban J connectivity index is 0.000000312. The number of hydrogen-bond donors (Lipinski definition) is 1. The number of aliphatic hydroxyl groups is 1. The van der Waals surface area contributed by atoms with Crippen molar-refractivity contribution >= 4 is 27.6 Å². The van der Waals surface area contributed by atoms with Gasteiger partial charge >= 0.3 is 0 Å². The molecule has 0 aliphatic carbocycles. The molecule has 0 fully saturated rings. The minimum absolute atomic E-state index is 0. The minimum Gasteiger partial charge on any atom is -0.512 e. The summed E-state index contributed by atoms with van der Waals surface area (Å²) in [5.41, 5.74) is 4.06. The van der Waals surface area contributed by atoms with E-state index in [4.69, 9.17) is 5.11 Å². The third kappa shape index (κ3) is 5.15. The first-order valence-corrected chi connectivity index (χ1v) is 7.38. The summed E-state index contributed by atoms with van der Waals surface area (Å²) in [7, 11) is 0. The zero-order valence-corrected chi connectivity index (χ0v) is 15.0. The molecule has 0 aliphatic heterocycles. The average molecular weight is 372 g/mol. The maximum atomic E-state index is 10.0. The van der Waals surface area contributed by atoms with Crippen molar-refractivity contribution in [1.29, 1.82) is 0 Å². The summed E-state index contributed by atoms with van der Waals surface area (Å²) in [5.74, 6) is -0.0625. The van der Waals surface area contributed by atoms with E-state index in [1.807, 2.05) is 26.0 Å². The minimum atomic E-state index is -0.125. The van der Waals surface area contributed by atoms with Crippen LogP contribution >= 0.6 is 0 Å². The van der Waals surface area contributed by atoms with Gasteiger partial charge in [0.2, 0.25) is 0 Å². The Morgan fingerprint density at radius 1 is 0.875 bits per heavy atom. The second-order valence-electron chi connectivity index (χ2n) is 5.51. The number of aliphatic hydroxyl groups excluding tert-OH is 1. The van der Waals surface area contributed by atoms with Crippen molar-refractivity contribution in [2.45, 2.75) is 27.7 Å². The normalized spacial score (nSPS) is 10.8. The van der Waals surface area contributed by atoms with Crippen LogP contribution in [0.3, 0.4) is 0 Å². The van der Waals surface area contributed by atoms with Gasteiger partial charge in [-0.15, -0.1) is 0 Å². The van der Waals surface area contributed by atoms with Crippen LogP contribution in [-0.2, 0) is 21.9 Å². The number of fused-ring (bicyclic) bond motifs is 3. The topological polar surface area (TPSA) is 63.1 Å². The third-order valence-electron chi connectivity index (χ3n) is 3.21. The molecule has 0 bridgehead atoms. The Labute approximate surface area is 152 Å². The van der Waals surface area contributed by atoms with E-state index in [1.54, 1.807) is 0 Å². The number of benzene rings is 1. The van der Waals surface area contributed by atoms with Crippen molar-refractivity contribution in [3.05, 3.63) is 59.6 Å². The van der Waals surface area contributed by atoms with Crippen LogP contribution in [0.4, 0.5) is 0 Å². The van der Waals surface area contributed by atoms with Gasteiger partial charge in [0.1, 0.15) is 0 Å². The number of aromatic nitrogens is 2. The number of carbonyl (C=O) groups is 1. The maximum Gasteiger partial charge on any atom is 0.155 e. The number of hydrogen-bond acceptors (Lipinski definition) is 4. The zero-order chi connectivity index (χ0) is 17.0. The quantitative estimate of drug-likeness (QED) is 0.297. The fraction of sp³-hybridized carbons (Fsp3) is 0.211. The van der Waals surface area contributed by atoms with Crippen molar-refractivity contribution in [3.8, 4) is 0 Å². The second kappa shape index (κ2) is 8.57. The van der Waals surface area contributed by atoms with E-state index in [-0.39, 0.29) is 28.6 Å². The summed E-state index contributed by atoms with van der Waals surface area (Å²) >= 11 is 0. The number of ketones is 1. The molecule has 0 spiro atoms. The van der Waals surface area contributed by atoms with Crippen LogP contribution in [0.25, 0.3) is 21.8 Å². The number of aryl methyl sites for hydroxylation is 2. The monoisotopic (exact) mass is 371 g/mol. The Hall–Kier alpha value is -2.23. The first kappa shape index (κ1) is 19.8. The second-order valence-corrected chi connectivity index (χ2v) is 5.51. The Morgan fingerprint density at radius 3 is 1.54 bits per heavy atom. The SMILES string of the molecule is CC(=O)/C=C(/C)O.Cc1ccc2ccc3ccc(C)nc3c2n1.[Cu]. The van der Waals surface area contributed by atoms with Gasteiger partial charge in [-0.3, -0.25) is 14.8 Å². The predicted octanol–water partition coefficient (Wildman–Crippen LogP) is 4.43. The van der Waals surface area contributed by atoms with Crippen LogP contribution in [-0.4, -0.2) is 20.9 Å². The summed E-state index contributed by atoms with van der Waals surface area (Å²) < 4.78 is 0. The first-order valence-electron chi connectivity index (χ1n) is 7.38. The van der Waals surface area contributed by atoms with Crippen molar-refractivity contribution < 1.29 is 27.0 Å². The molecule has 0 atom stereocenters. The molecule has 2 aromatic heterocycles. The number of carbonyl (C=O) groups excluding carboxylic acids is 1. The smallest absolute Gasteiger partial charge is 0.155 e. The summed E-state index contributed by atoms with van der Waals surface area (Å²) in [4.78, 5) is 19.2. The molecule has 0 aliphatic rings. The summed E-state index contributed by atoms with van der Waals surface area (Å²) in [6.07, 6.45) is 1.17. The molecule has 5 heteroatoms. The molecule has 129 valence electrons. The maximum absolute atomic E-state index is 10.0. The number of nitrogens with zero attached hydrogens (tertiary/aromatic N) is 2. The van der Waals surface area contributed by atoms with Gasteiger partial charge in [0, 0.05) is 45.3 Å². The molecule has 0 saturated carbocycles. The molecule has 1 N–H and O–H groups in total. The Morgan fingerprint density at radius 2 is 1.25 bits per heavy atom. The van der Waals surface area contributed by atoms with Crippen LogP contribution in [0.1, 0.15) is 25.2 Å². The van der Waals surface area contributed by atoms with Gasteiger partial charge in [0.05, 0.1) is 16.8 Å². The molecule has 4 nitrogen and oxygen atoms in total. The van der Waals surface area contributed by atoms with E-state index >= 15 is 0 Å². The first-order chi connectivity index (χ1) is 10.9. The fourth-order valence-electron chi connectivity index (χ4n) is 2.26. The molecule has 1 radical (unpaired) electrons. The average Bonchev–Trinajstić information content (AvgIpc) is 2.46. The molecule has 0 unspecified atom stereocenters. The van der Waals surface area contributed by atoms with Gasteiger partial charge in [-0.25, -0.2) is 0 Å². The molecular formula is C19H20CuN2O2. The van der Waals surface area contributed by atoms with Crippen LogP contribution in [0, 0.1) is 13.8 Å². The Kier molecular flexibility index (Phi) is 7.08. The van der Waals surface area contributed by atoms with E-state index in [2.05, 4.69) is 34.2 Å². The van der Waals surface area contributed by atoms with Gasteiger partial charge in [-0.1, -0.05) is 24.3 Å². The number of rotatable bonds is 1. The van der Waals surface area contributed by atoms with Gasteiger partial charge < -0.3 is 5.11 Å². The predicted molar refractivity (Wildman–Crippen MR) is 93.6 cm³/mol. The Bertz CT molecular complexity index is 840. The molecule has 3 rings (SSSR count). The fourth-order valence-corrected chi connectivity index (χ4v) is 2.26. The number of pyridine rings is 2. The van der Waals surface area contributed by atoms with Gasteiger partial charge in [-0.2, -0.15) is 0 Å². The summed E-state index contributed by atoms with van der Waals surface area (Å²) in [6.45, 7) is 6.86. The molecule has 0 saturated heterocycles. The van der Waals surface area contributed by atoms with Crippen LogP contribution in [0.2, 0.25) is 0 Å². The third-order valence-corrected chi connectivity index (χ3v) is 3.21. The van der Waals surface area contributed by atoms with E-state index in [0.29, 0.717) is 0 Å². The molecule has 3 aromatic rings. The zero-order valence-electron chi connectivity index (χ0n) is 14.1. The molecule has 0 amide bonds. The van der Waals surface area contributed by atoms with E-state index in [1.165, 1.54) is 19.9 Å². The molecule has 1 aromatic carbocycles. The van der Waals surface area contributed by atoms with Gasteiger partial charge in [0.15, 0.2) is 5.78 Å². The summed E-state index contributed by atoms with van der Waals surface area (Å²) in [6, 6.07) is 12.5.